The molecule has 2 amide bonds. The number of hydrogen-bond acceptors (Lipinski definition) is 6. The third kappa shape index (κ3) is 7.15. The van der Waals surface area contributed by atoms with Crippen molar-refractivity contribution in [2.24, 2.45) is 5.92 Å². The molecule has 0 aromatic heterocycles. The number of ether oxygens (including phenoxy) is 2. The molecule has 0 bridgehead atoms. The fourth-order valence-corrected chi connectivity index (χ4v) is 5.92. The number of fused-ring (bicyclic) bond motifs is 2. The van der Waals surface area contributed by atoms with E-state index in [1.807, 2.05) is 39.0 Å². The van der Waals surface area contributed by atoms with E-state index in [0.29, 0.717) is 50.8 Å². The van der Waals surface area contributed by atoms with E-state index in [1.165, 1.54) is 11.1 Å². The molecule has 1 saturated heterocycles. The topological polar surface area (TPSA) is 82.5 Å². The first kappa shape index (κ1) is 28.4. The van der Waals surface area contributed by atoms with Crippen LogP contribution in [0.3, 0.4) is 0 Å². The monoisotopic (exact) mass is 549 g/mol. The standard InChI is InChI=1S/C32H43N3O5/c1-32(2,3)40-31(38)34-15-10-23(11-16-34)22-39-28-8-9-29-25(18-28)13-17-35(30(29)37)21-27(36)20-33-14-12-24-6-4-5-7-26(24)19-33/h4-9,18,23,27,36H,10-17,19-22H2,1-3H3. The summed E-state index contributed by atoms with van der Waals surface area (Å²) in [7, 11) is 0. The van der Waals surface area contributed by atoms with Gasteiger partial charge in [-0.1, -0.05) is 24.3 Å². The molecule has 0 aliphatic carbocycles. The van der Waals surface area contributed by atoms with Crippen LogP contribution in [0.4, 0.5) is 4.79 Å². The van der Waals surface area contributed by atoms with Crippen LogP contribution < -0.4 is 4.74 Å². The van der Waals surface area contributed by atoms with Gasteiger partial charge in [-0.05, 0) is 87.3 Å². The van der Waals surface area contributed by atoms with Crippen LogP contribution >= 0.6 is 0 Å². The summed E-state index contributed by atoms with van der Waals surface area (Å²) in [5.41, 5.74) is 3.93. The van der Waals surface area contributed by atoms with Crippen LogP contribution in [-0.4, -0.2) is 89.4 Å². The smallest absolute Gasteiger partial charge is 0.410 e. The largest absolute Gasteiger partial charge is 0.493 e. The number of benzene rings is 2. The number of nitrogens with zero attached hydrogens (tertiary/aromatic N) is 3. The minimum absolute atomic E-state index is 0.0228. The summed E-state index contributed by atoms with van der Waals surface area (Å²) in [5, 5.41) is 10.8. The lowest BCUT2D eigenvalue weighted by Crippen LogP contribution is -2.46. The molecule has 216 valence electrons. The Morgan fingerprint density at radius 3 is 2.45 bits per heavy atom. The molecule has 8 nitrogen and oxygen atoms in total. The molecule has 8 heteroatoms. The van der Waals surface area contributed by atoms with E-state index in [1.54, 1.807) is 9.80 Å². The van der Waals surface area contributed by atoms with Crippen LogP contribution in [0.2, 0.25) is 0 Å². The average molecular weight is 550 g/mol. The van der Waals surface area contributed by atoms with E-state index in [-0.39, 0.29) is 12.0 Å². The fourth-order valence-electron chi connectivity index (χ4n) is 5.92. The number of aliphatic hydroxyl groups excluding tert-OH is 1. The molecule has 3 aliphatic rings. The lowest BCUT2D eigenvalue weighted by atomic mass is 9.97. The second-order valence-electron chi connectivity index (χ2n) is 12.4. The maximum atomic E-state index is 13.2. The Bertz CT molecular complexity index is 1200. The number of amides is 2. The summed E-state index contributed by atoms with van der Waals surface area (Å²) in [6.45, 7) is 10.9. The van der Waals surface area contributed by atoms with Crippen LogP contribution in [0, 0.1) is 5.92 Å². The van der Waals surface area contributed by atoms with Gasteiger partial charge in [-0.25, -0.2) is 4.79 Å². The summed E-state index contributed by atoms with van der Waals surface area (Å²) >= 11 is 0. The lowest BCUT2D eigenvalue weighted by Gasteiger charge is -2.34. The van der Waals surface area contributed by atoms with Crippen LogP contribution in [0.15, 0.2) is 42.5 Å². The van der Waals surface area contributed by atoms with Gasteiger partial charge in [0.2, 0.25) is 0 Å². The van der Waals surface area contributed by atoms with Crippen molar-refractivity contribution in [3.63, 3.8) is 0 Å². The van der Waals surface area contributed by atoms with Gasteiger partial charge in [0.25, 0.3) is 5.91 Å². The lowest BCUT2D eigenvalue weighted by molar-refractivity contribution is 0.0164. The van der Waals surface area contributed by atoms with Gasteiger partial charge >= 0.3 is 6.09 Å². The number of likely N-dealkylation sites (tertiary alicyclic amines) is 1. The molecule has 0 saturated carbocycles. The summed E-state index contributed by atoms with van der Waals surface area (Å²) in [5.74, 6) is 1.13. The maximum Gasteiger partial charge on any atom is 0.410 e. The number of aliphatic hydroxyl groups is 1. The number of rotatable bonds is 7. The number of carbonyl (C=O) groups is 2. The molecule has 3 heterocycles. The van der Waals surface area contributed by atoms with E-state index in [0.717, 1.165) is 50.1 Å². The van der Waals surface area contributed by atoms with E-state index in [2.05, 4.69) is 29.2 Å². The summed E-state index contributed by atoms with van der Waals surface area (Å²) in [6, 6.07) is 14.2. The zero-order chi connectivity index (χ0) is 28.3. The van der Waals surface area contributed by atoms with Gasteiger partial charge in [-0.15, -0.1) is 0 Å². The van der Waals surface area contributed by atoms with Crippen molar-refractivity contribution < 1.29 is 24.2 Å². The number of piperidine rings is 1. The van der Waals surface area contributed by atoms with Gasteiger partial charge in [0.15, 0.2) is 0 Å². The van der Waals surface area contributed by atoms with Gasteiger partial charge in [0.1, 0.15) is 11.4 Å². The quantitative estimate of drug-likeness (QED) is 0.559. The second-order valence-corrected chi connectivity index (χ2v) is 12.4. The Morgan fingerprint density at radius 2 is 1.70 bits per heavy atom. The number of carbonyl (C=O) groups excluding carboxylic acids is 2. The Labute approximate surface area is 237 Å². The molecule has 1 fully saturated rings. The highest BCUT2D eigenvalue weighted by molar-refractivity contribution is 5.97. The molecule has 2 aromatic rings. The van der Waals surface area contributed by atoms with Crippen molar-refractivity contribution in [3.8, 4) is 5.75 Å². The molecule has 2 aromatic carbocycles. The van der Waals surface area contributed by atoms with Gasteiger partial charge in [0.05, 0.1) is 12.7 Å². The van der Waals surface area contributed by atoms with Crippen molar-refractivity contribution in [1.29, 1.82) is 0 Å². The normalized spacial score (nSPS) is 19.1. The molecule has 5 rings (SSSR count). The third-order valence-electron chi connectivity index (χ3n) is 8.11. The molecule has 1 N–H and O–H groups in total. The van der Waals surface area contributed by atoms with E-state index in [9.17, 15) is 14.7 Å². The first-order valence-electron chi connectivity index (χ1n) is 14.6. The zero-order valence-corrected chi connectivity index (χ0v) is 24.1. The Kier molecular flexibility index (Phi) is 8.66. The molecule has 3 aliphatic heterocycles. The fraction of sp³-hybridized carbons (Fsp3) is 0.562. The van der Waals surface area contributed by atoms with Gasteiger partial charge < -0.3 is 24.4 Å². The van der Waals surface area contributed by atoms with E-state index < -0.39 is 11.7 Å². The first-order valence-corrected chi connectivity index (χ1v) is 14.6. The van der Waals surface area contributed by atoms with Crippen LogP contribution in [0.5, 0.6) is 5.75 Å². The number of β-amino-alcohol motifs (C(OH)–C–C–N with tert-alkyl or cyclic N) is 1. The third-order valence-corrected chi connectivity index (χ3v) is 8.11. The van der Waals surface area contributed by atoms with Gasteiger partial charge in [0, 0.05) is 51.4 Å². The van der Waals surface area contributed by atoms with Gasteiger partial charge in [-0.3, -0.25) is 9.69 Å². The molecule has 0 radical (unpaired) electrons. The SMILES string of the molecule is CC(C)(C)OC(=O)N1CCC(COc2ccc3c(c2)CCN(CC(O)CN2CCc4ccccc4C2)C3=O)CC1. The van der Waals surface area contributed by atoms with Crippen molar-refractivity contribution in [1.82, 2.24) is 14.7 Å². The Balaban J connectivity index is 1.07. The van der Waals surface area contributed by atoms with Crippen LogP contribution in [0.25, 0.3) is 0 Å². The maximum absolute atomic E-state index is 13.2. The molecule has 0 spiro atoms. The van der Waals surface area contributed by atoms with Crippen LogP contribution in [0.1, 0.15) is 60.7 Å². The minimum Gasteiger partial charge on any atom is -0.493 e. The molecular weight excluding hydrogens is 506 g/mol. The van der Waals surface area contributed by atoms with Crippen LogP contribution in [-0.2, 0) is 24.1 Å². The summed E-state index contributed by atoms with van der Waals surface area (Å²) in [6.07, 6.45) is 2.67. The summed E-state index contributed by atoms with van der Waals surface area (Å²) < 4.78 is 11.6. The van der Waals surface area contributed by atoms with Crippen molar-refractivity contribution in [3.05, 3.63) is 64.7 Å². The molecule has 40 heavy (non-hydrogen) atoms. The molecular formula is C32H43N3O5. The van der Waals surface area contributed by atoms with Crippen molar-refractivity contribution in [2.45, 2.75) is 64.7 Å². The Morgan fingerprint density at radius 1 is 0.975 bits per heavy atom. The second kappa shape index (κ2) is 12.2. The van der Waals surface area contributed by atoms with E-state index in [4.69, 9.17) is 9.47 Å². The summed E-state index contributed by atoms with van der Waals surface area (Å²) in [4.78, 5) is 31.4. The predicted molar refractivity (Wildman–Crippen MR) is 154 cm³/mol. The van der Waals surface area contributed by atoms with E-state index >= 15 is 0 Å². The highest BCUT2D eigenvalue weighted by atomic mass is 16.6. The van der Waals surface area contributed by atoms with Gasteiger partial charge in [-0.2, -0.15) is 0 Å². The van der Waals surface area contributed by atoms with Crippen molar-refractivity contribution in [2.75, 3.05) is 45.9 Å². The average Bonchev–Trinajstić information content (AvgIpc) is 2.92. The van der Waals surface area contributed by atoms with Crippen molar-refractivity contribution >= 4 is 12.0 Å². The predicted octanol–water partition coefficient (Wildman–Crippen LogP) is 4.13. The number of hydrogen-bond donors (Lipinski definition) is 1. The zero-order valence-electron chi connectivity index (χ0n) is 24.1. The highest BCUT2D eigenvalue weighted by Crippen LogP contribution is 2.26. The molecule has 1 unspecified atom stereocenters. The highest BCUT2D eigenvalue weighted by Gasteiger charge is 2.29. The molecule has 1 atom stereocenters. The minimum atomic E-state index is -0.583. The Hall–Kier alpha value is -3.10. The first-order chi connectivity index (χ1) is 19.1.